The Balaban J connectivity index is 2.10. The Morgan fingerprint density at radius 2 is 2.19 bits per heavy atom. The molecule has 0 aromatic heterocycles. The highest BCUT2D eigenvalue weighted by molar-refractivity contribution is 5.34. The topological polar surface area (TPSA) is 21.8 Å². The van der Waals surface area contributed by atoms with E-state index in [1.54, 1.807) is 19.2 Å². The van der Waals surface area contributed by atoms with E-state index in [1.807, 2.05) is 0 Å². The van der Waals surface area contributed by atoms with Crippen molar-refractivity contribution in [1.29, 1.82) is 0 Å². The van der Waals surface area contributed by atoms with Crippen molar-refractivity contribution in [3.63, 3.8) is 0 Å². The highest BCUT2D eigenvalue weighted by atomic mass is 19.1. The van der Waals surface area contributed by atoms with Crippen molar-refractivity contribution in [1.82, 2.24) is 0 Å². The van der Waals surface area contributed by atoms with Crippen molar-refractivity contribution in [2.24, 2.45) is 5.92 Å². The van der Waals surface area contributed by atoms with Crippen molar-refractivity contribution in [2.75, 3.05) is 7.11 Å². The second-order valence-corrected chi connectivity index (χ2v) is 4.44. The fourth-order valence-electron chi connectivity index (χ4n) is 2.17. The normalized spacial score (nSPS) is 25.2. The van der Waals surface area contributed by atoms with Gasteiger partial charge in [-0.3, -0.25) is 0 Å². The van der Waals surface area contributed by atoms with Crippen molar-refractivity contribution in [3.05, 3.63) is 29.6 Å². The van der Waals surface area contributed by atoms with Gasteiger partial charge in [0.1, 0.15) is 11.6 Å². The Kier molecular flexibility index (Phi) is 3.15. The Morgan fingerprint density at radius 3 is 2.75 bits per heavy atom. The zero-order valence-electron chi connectivity index (χ0n) is 9.87. The number of rotatable bonds is 4. The van der Waals surface area contributed by atoms with Gasteiger partial charge < -0.3 is 9.47 Å². The zero-order chi connectivity index (χ0) is 11.7. The first-order valence-corrected chi connectivity index (χ1v) is 5.59. The summed E-state index contributed by atoms with van der Waals surface area (Å²) >= 11 is 0. The fourth-order valence-corrected chi connectivity index (χ4v) is 2.17. The lowest BCUT2D eigenvalue weighted by Crippen LogP contribution is -2.10. The van der Waals surface area contributed by atoms with Crippen LogP contribution in [0.3, 0.4) is 0 Å². The summed E-state index contributed by atoms with van der Waals surface area (Å²) in [5, 5.41) is 0. The quantitative estimate of drug-likeness (QED) is 0.733. The highest BCUT2D eigenvalue weighted by Gasteiger charge is 2.38. The Bertz CT molecular complexity index is 378. The van der Waals surface area contributed by atoms with E-state index in [-0.39, 0.29) is 5.82 Å². The summed E-state index contributed by atoms with van der Waals surface area (Å²) in [4.78, 5) is 0. The molecule has 2 nitrogen and oxygen atoms in total. The summed E-state index contributed by atoms with van der Waals surface area (Å²) in [5.41, 5.74) is 0.915. The lowest BCUT2D eigenvalue weighted by atomic mass is 9.96. The molecule has 3 unspecified atom stereocenters. The van der Waals surface area contributed by atoms with Crippen molar-refractivity contribution in [3.8, 4) is 5.75 Å². The molecular weight excluding hydrogens is 207 g/mol. The Labute approximate surface area is 95.4 Å². The van der Waals surface area contributed by atoms with Gasteiger partial charge in [0, 0.05) is 0 Å². The number of hydrogen-bond acceptors (Lipinski definition) is 2. The van der Waals surface area contributed by atoms with Gasteiger partial charge in [0.2, 0.25) is 0 Å². The minimum absolute atomic E-state index is 0.215. The van der Waals surface area contributed by atoms with Crippen LogP contribution in [0.2, 0.25) is 0 Å². The minimum Gasteiger partial charge on any atom is -0.496 e. The minimum atomic E-state index is -0.215. The Morgan fingerprint density at radius 1 is 1.50 bits per heavy atom. The van der Waals surface area contributed by atoms with Gasteiger partial charge in [-0.2, -0.15) is 0 Å². The molecule has 88 valence electrons. The van der Waals surface area contributed by atoms with Gasteiger partial charge in [-0.25, -0.2) is 4.39 Å². The molecule has 0 bridgehead atoms. The van der Waals surface area contributed by atoms with E-state index in [9.17, 15) is 4.39 Å². The summed E-state index contributed by atoms with van der Waals surface area (Å²) in [7, 11) is 1.61. The van der Waals surface area contributed by atoms with Gasteiger partial charge in [-0.05, 0) is 43.0 Å². The molecule has 16 heavy (non-hydrogen) atoms. The second kappa shape index (κ2) is 4.42. The number of hydrogen-bond donors (Lipinski definition) is 0. The van der Waals surface area contributed by atoms with E-state index in [2.05, 4.69) is 13.8 Å². The van der Waals surface area contributed by atoms with Crippen molar-refractivity contribution in [2.45, 2.75) is 32.5 Å². The number of methoxy groups -OCH3 is 1. The van der Waals surface area contributed by atoms with Gasteiger partial charge in [-0.1, -0.05) is 6.92 Å². The lowest BCUT2D eigenvalue weighted by molar-refractivity contribution is 0.325. The van der Waals surface area contributed by atoms with Gasteiger partial charge >= 0.3 is 0 Å². The molecule has 1 heterocycles. The molecule has 3 atom stereocenters. The van der Waals surface area contributed by atoms with Gasteiger partial charge in [0.05, 0.1) is 19.3 Å². The zero-order valence-corrected chi connectivity index (χ0v) is 9.87. The van der Waals surface area contributed by atoms with Gasteiger partial charge in [0.25, 0.3) is 0 Å². The summed E-state index contributed by atoms with van der Waals surface area (Å²) in [6.07, 6.45) is 1.44. The summed E-state index contributed by atoms with van der Waals surface area (Å²) in [6.45, 7) is 4.18. The van der Waals surface area contributed by atoms with Crippen LogP contribution in [-0.4, -0.2) is 19.3 Å². The number of epoxide rings is 1. The average Bonchev–Trinajstić information content (AvgIpc) is 2.96. The molecule has 0 amide bonds. The van der Waals surface area contributed by atoms with Crippen LogP contribution in [0.5, 0.6) is 5.75 Å². The van der Waals surface area contributed by atoms with Crippen LogP contribution in [0, 0.1) is 11.7 Å². The molecule has 1 fully saturated rings. The van der Waals surface area contributed by atoms with Gasteiger partial charge in [0.15, 0.2) is 0 Å². The molecule has 0 aliphatic carbocycles. The van der Waals surface area contributed by atoms with Gasteiger partial charge in [-0.15, -0.1) is 0 Å². The first kappa shape index (κ1) is 11.4. The highest BCUT2D eigenvalue weighted by Crippen LogP contribution is 2.33. The number of halogens is 1. The standard InChI is InChI=1S/C13H17FO2/c1-8(13-9(2)16-13)6-10-7-11(14)4-5-12(10)15-3/h4-5,7-9,13H,6H2,1-3H3. The smallest absolute Gasteiger partial charge is 0.123 e. The van der Waals surface area contributed by atoms with Crippen molar-refractivity contribution >= 4 is 0 Å². The monoisotopic (exact) mass is 224 g/mol. The first-order valence-electron chi connectivity index (χ1n) is 5.59. The molecule has 1 aromatic carbocycles. The van der Waals surface area contributed by atoms with E-state index in [0.717, 1.165) is 17.7 Å². The number of ether oxygens (including phenoxy) is 2. The molecule has 0 saturated carbocycles. The molecule has 1 saturated heterocycles. The van der Waals surface area contributed by atoms with Crippen molar-refractivity contribution < 1.29 is 13.9 Å². The van der Waals surface area contributed by atoms with E-state index in [4.69, 9.17) is 9.47 Å². The van der Waals surface area contributed by atoms with Crippen LogP contribution in [0.4, 0.5) is 4.39 Å². The van der Waals surface area contributed by atoms with E-state index in [0.29, 0.717) is 18.1 Å². The SMILES string of the molecule is COc1ccc(F)cc1CC(C)C1OC1C. The molecule has 3 heteroatoms. The van der Waals surface area contributed by atoms with E-state index < -0.39 is 0 Å². The van der Waals surface area contributed by atoms with Crippen LogP contribution < -0.4 is 4.74 Å². The van der Waals surface area contributed by atoms with Crippen LogP contribution in [-0.2, 0) is 11.2 Å². The largest absolute Gasteiger partial charge is 0.496 e. The molecule has 0 spiro atoms. The maximum absolute atomic E-state index is 13.1. The predicted molar refractivity (Wildman–Crippen MR) is 60.2 cm³/mol. The first-order chi connectivity index (χ1) is 7.61. The molecular formula is C13H17FO2. The lowest BCUT2D eigenvalue weighted by Gasteiger charge is -2.12. The molecule has 0 N–H and O–H groups in total. The molecule has 1 aromatic rings. The van der Waals surface area contributed by atoms with Crippen LogP contribution in [0.15, 0.2) is 18.2 Å². The third kappa shape index (κ3) is 2.35. The summed E-state index contributed by atoms with van der Waals surface area (Å²) in [6, 6.07) is 4.64. The third-order valence-corrected chi connectivity index (χ3v) is 3.10. The van der Waals surface area contributed by atoms with E-state index in [1.165, 1.54) is 6.07 Å². The molecule has 2 rings (SSSR count). The maximum atomic E-state index is 13.1. The summed E-state index contributed by atoms with van der Waals surface area (Å²) < 4.78 is 23.8. The average molecular weight is 224 g/mol. The predicted octanol–water partition coefficient (Wildman–Crippen LogP) is 2.80. The summed E-state index contributed by atoms with van der Waals surface area (Å²) in [5.74, 6) is 0.931. The number of benzene rings is 1. The third-order valence-electron chi connectivity index (χ3n) is 3.10. The Hall–Kier alpha value is -1.09. The van der Waals surface area contributed by atoms with Crippen LogP contribution >= 0.6 is 0 Å². The second-order valence-electron chi connectivity index (χ2n) is 4.44. The van der Waals surface area contributed by atoms with E-state index >= 15 is 0 Å². The molecule has 0 radical (unpaired) electrons. The molecule has 1 aliphatic rings. The van der Waals surface area contributed by atoms with Crippen LogP contribution in [0.25, 0.3) is 0 Å². The fraction of sp³-hybridized carbons (Fsp3) is 0.538. The molecule has 1 aliphatic heterocycles. The maximum Gasteiger partial charge on any atom is 0.123 e. The van der Waals surface area contributed by atoms with Crippen LogP contribution in [0.1, 0.15) is 19.4 Å².